The Morgan fingerprint density at radius 3 is 2.37 bits per heavy atom. The first-order valence-electron chi connectivity index (χ1n) is 10.3. The Kier molecular flexibility index (Phi) is 7.38. The molecule has 2 aromatic carbocycles. The van der Waals surface area contributed by atoms with Crippen molar-refractivity contribution in [2.45, 2.75) is 39.4 Å². The van der Waals surface area contributed by atoms with E-state index in [1.165, 1.54) is 0 Å². The molecule has 3 aromatic rings. The van der Waals surface area contributed by atoms with Gasteiger partial charge < -0.3 is 10.6 Å². The maximum absolute atomic E-state index is 13.0. The van der Waals surface area contributed by atoms with Crippen molar-refractivity contribution in [3.63, 3.8) is 0 Å². The van der Waals surface area contributed by atoms with E-state index in [1.54, 1.807) is 18.3 Å². The normalized spacial score (nSPS) is 12.7. The van der Waals surface area contributed by atoms with Gasteiger partial charge in [0.1, 0.15) is 6.04 Å². The Labute approximate surface area is 177 Å². The fourth-order valence-electron chi connectivity index (χ4n) is 3.26. The molecular weight excluding hydrogens is 376 g/mol. The molecule has 0 aliphatic carbocycles. The van der Waals surface area contributed by atoms with Crippen molar-refractivity contribution < 1.29 is 9.59 Å². The van der Waals surface area contributed by atoms with Crippen molar-refractivity contribution in [2.75, 3.05) is 0 Å². The van der Waals surface area contributed by atoms with E-state index in [0.717, 1.165) is 17.5 Å². The molecule has 2 N–H and O–H groups in total. The quantitative estimate of drug-likeness (QED) is 0.574. The Hall–Kier alpha value is -3.41. The van der Waals surface area contributed by atoms with Crippen LogP contribution in [0, 0.1) is 5.92 Å². The van der Waals surface area contributed by atoms with Gasteiger partial charge in [0, 0.05) is 24.5 Å². The summed E-state index contributed by atoms with van der Waals surface area (Å²) in [6, 6.07) is 18.2. The van der Waals surface area contributed by atoms with Crippen LogP contribution in [-0.2, 0) is 17.9 Å². The summed E-state index contributed by atoms with van der Waals surface area (Å²) in [5.74, 6) is -0.408. The first-order valence-corrected chi connectivity index (χ1v) is 10.3. The minimum Gasteiger partial charge on any atom is -0.350 e. The zero-order valence-corrected chi connectivity index (χ0v) is 17.4. The van der Waals surface area contributed by atoms with E-state index in [0.29, 0.717) is 18.7 Å². The van der Waals surface area contributed by atoms with Gasteiger partial charge in [-0.25, -0.2) is 0 Å². The number of hydrogen-bond donors (Lipinski definition) is 2. The van der Waals surface area contributed by atoms with Crippen molar-refractivity contribution in [3.05, 3.63) is 89.7 Å². The maximum atomic E-state index is 13.0. The number of nitrogens with zero attached hydrogens (tertiary/aromatic N) is 2. The highest BCUT2D eigenvalue weighted by Crippen LogP contribution is 2.13. The lowest BCUT2D eigenvalue weighted by Crippen LogP contribution is -2.50. The van der Waals surface area contributed by atoms with Crippen LogP contribution in [0.5, 0.6) is 0 Å². The molecule has 0 saturated heterocycles. The molecule has 156 valence electrons. The van der Waals surface area contributed by atoms with Crippen molar-refractivity contribution in [1.29, 1.82) is 0 Å². The van der Waals surface area contributed by atoms with Crippen LogP contribution in [0.1, 0.15) is 41.8 Å². The molecule has 1 heterocycles. The van der Waals surface area contributed by atoms with Crippen LogP contribution in [0.3, 0.4) is 0 Å². The minimum atomic E-state index is -0.596. The number of benzene rings is 2. The molecule has 0 aliphatic heterocycles. The first-order chi connectivity index (χ1) is 14.6. The van der Waals surface area contributed by atoms with Crippen molar-refractivity contribution in [2.24, 2.45) is 5.92 Å². The highest BCUT2D eigenvalue weighted by atomic mass is 16.2. The van der Waals surface area contributed by atoms with E-state index in [2.05, 4.69) is 15.7 Å². The molecule has 0 fully saturated rings. The predicted molar refractivity (Wildman–Crippen MR) is 117 cm³/mol. The van der Waals surface area contributed by atoms with E-state index in [1.807, 2.05) is 73.3 Å². The zero-order chi connectivity index (χ0) is 21.3. The molecule has 1 aromatic heterocycles. The first kappa shape index (κ1) is 21.3. The summed E-state index contributed by atoms with van der Waals surface area (Å²) in [5.41, 5.74) is 2.66. The van der Waals surface area contributed by atoms with Crippen LogP contribution in [0.15, 0.2) is 73.1 Å². The van der Waals surface area contributed by atoms with Gasteiger partial charge in [-0.05, 0) is 35.2 Å². The van der Waals surface area contributed by atoms with Crippen molar-refractivity contribution in [1.82, 2.24) is 20.4 Å². The average molecular weight is 405 g/mol. The number of nitrogens with one attached hydrogen (secondary N) is 2. The largest absolute Gasteiger partial charge is 0.350 e. The molecule has 3 rings (SSSR count). The third-order valence-corrected chi connectivity index (χ3v) is 5.28. The number of hydrogen-bond acceptors (Lipinski definition) is 3. The van der Waals surface area contributed by atoms with E-state index < -0.39 is 6.04 Å². The molecule has 6 nitrogen and oxygen atoms in total. The summed E-state index contributed by atoms with van der Waals surface area (Å²) in [7, 11) is 0. The summed E-state index contributed by atoms with van der Waals surface area (Å²) >= 11 is 0. The second kappa shape index (κ2) is 10.4. The number of carbonyl (C=O) groups excluding carboxylic acids is 2. The third kappa shape index (κ3) is 5.56. The van der Waals surface area contributed by atoms with Gasteiger partial charge in [-0.2, -0.15) is 5.10 Å². The summed E-state index contributed by atoms with van der Waals surface area (Å²) < 4.78 is 1.85. The fourth-order valence-corrected chi connectivity index (χ4v) is 3.26. The van der Waals surface area contributed by atoms with Crippen LogP contribution in [0.4, 0.5) is 0 Å². The molecule has 2 amide bonds. The lowest BCUT2D eigenvalue weighted by molar-refractivity contribution is -0.124. The lowest BCUT2D eigenvalue weighted by atomic mass is 9.97. The molecular formula is C24H28N4O2. The second-order valence-electron chi connectivity index (χ2n) is 7.39. The Morgan fingerprint density at radius 2 is 1.70 bits per heavy atom. The van der Waals surface area contributed by atoms with E-state index in [9.17, 15) is 9.59 Å². The summed E-state index contributed by atoms with van der Waals surface area (Å²) in [6.45, 7) is 5.02. The van der Waals surface area contributed by atoms with Crippen LogP contribution < -0.4 is 10.6 Å². The lowest BCUT2D eigenvalue weighted by Gasteiger charge is -2.24. The van der Waals surface area contributed by atoms with Gasteiger partial charge in [-0.15, -0.1) is 0 Å². The highest BCUT2D eigenvalue weighted by Gasteiger charge is 2.26. The smallest absolute Gasteiger partial charge is 0.251 e. The number of amides is 2. The molecule has 0 spiro atoms. The number of rotatable bonds is 9. The molecule has 30 heavy (non-hydrogen) atoms. The molecule has 0 radical (unpaired) electrons. The Balaban J connectivity index is 1.67. The molecule has 2 unspecified atom stereocenters. The zero-order valence-electron chi connectivity index (χ0n) is 17.4. The van der Waals surface area contributed by atoms with Gasteiger partial charge in [0.2, 0.25) is 5.91 Å². The summed E-state index contributed by atoms with van der Waals surface area (Å²) in [5, 5.41) is 10.2. The average Bonchev–Trinajstić information content (AvgIpc) is 3.29. The fraction of sp³-hybridized carbons (Fsp3) is 0.292. The van der Waals surface area contributed by atoms with Gasteiger partial charge in [-0.3, -0.25) is 14.3 Å². The van der Waals surface area contributed by atoms with Crippen LogP contribution in [-0.4, -0.2) is 27.6 Å². The van der Waals surface area contributed by atoms with Crippen molar-refractivity contribution in [3.8, 4) is 0 Å². The van der Waals surface area contributed by atoms with E-state index in [4.69, 9.17) is 0 Å². The molecule has 0 saturated carbocycles. The van der Waals surface area contributed by atoms with Gasteiger partial charge in [0.15, 0.2) is 0 Å². The topological polar surface area (TPSA) is 76.0 Å². The van der Waals surface area contributed by atoms with Gasteiger partial charge in [-0.1, -0.05) is 62.7 Å². The molecule has 2 atom stereocenters. The summed E-state index contributed by atoms with van der Waals surface area (Å²) in [4.78, 5) is 25.6. The predicted octanol–water partition coefficient (Wildman–Crippen LogP) is 3.39. The molecule has 0 aliphatic rings. The van der Waals surface area contributed by atoms with Gasteiger partial charge in [0.05, 0.1) is 6.54 Å². The van der Waals surface area contributed by atoms with Gasteiger partial charge >= 0.3 is 0 Å². The van der Waals surface area contributed by atoms with Crippen LogP contribution >= 0.6 is 0 Å². The van der Waals surface area contributed by atoms with Crippen LogP contribution in [0.2, 0.25) is 0 Å². The minimum absolute atomic E-state index is 0.0111. The maximum Gasteiger partial charge on any atom is 0.251 e. The monoisotopic (exact) mass is 404 g/mol. The Bertz CT molecular complexity index is 954. The van der Waals surface area contributed by atoms with Gasteiger partial charge in [0.25, 0.3) is 5.91 Å². The highest BCUT2D eigenvalue weighted by molar-refractivity contribution is 5.97. The number of aromatic nitrogens is 2. The second-order valence-corrected chi connectivity index (χ2v) is 7.39. The molecule has 0 bridgehead atoms. The Morgan fingerprint density at radius 1 is 1.00 bits per heavy atom. The third-order valence-electron chi connectivity index (χ3n) is 5.28. The SMILES string of the molecule is CCC(C)C(NC(=O)c1ccccc1)C(=O)NCc1ccccc1Cn1cccn1. The number of carbonyl (C=O) groups is 2. The van der Waals surface area contributed by atoms with E-state index in [-0.39, 0.29) is 17.7 Å². The summed E-state index contributed by atoms with van der Waals surface area (Å²) in [6.07, 6.45) is 4.44. The van der Waals surface area contributed by atoms with Crippen LogP contribution in [0.25, 0.3) is 0 Å². The molecule has 6 heteroatoms. The van der Waals surface area contributed by atoms with Crippen molar-refractivity contribution >= 4 is 11.8 Å². The van der Waals surface area contributed by atoms with E-state index >= 15 is 0 Å². The standard InChI is InChI=1S/C24H28N4O2/c1-3-18(2)22(27-23(29)19-10-5-4-6-11-19)24(30)25-16-20-12-7-8-13-21(20)17-28-15-9-14-26-28/h4-15,18,22H,3,16-17H2,1-2H3,(H,25,30)(H,27,29).